The van der Waals surface area contributed by atoms with Crippen LogP contribution in [-0.2, 0) is 9.59 Å². The molecule has 21 heavy (non-hydrogen) atoms. The van der Waals surface area contributed by atoms with E-state index in [0.717, 1.165) is 44.6 Å². The SMILES string of the molecule is CC(=O)C1CCN([C@@H]2CCN(c3ccccc3)C2=O)CC1. The number of carbonyl (C=O) groups excluding carboxylic acids is 2. The second-order valence-corrected chi connectivity index (χ2v) is 6.05. The normalized spacial score (nSPS) is 24.5. The van der Waals surface area contributed by atoms with Gasteiger partial charge in [0, 0.05) is 18.2 Å². The average molecular weight is 286 g/mol. The molecule has 0 bridgehead atoms. The van der Waals surface area contributed by atoms with E-state index in [0.29, 0.717) is 5.78 Å². The lowest BCUT2D eigenvalue weighted by atomic mass is 9.92. The Balaban J connectivity index is 1.64. The van der Waals surface area contributed by atoms with E-state index in [1.54, 1.807) is 6.92 Å². The monoisotopic (exact) mass is 286 g/mol. The minimum Gasteiger partial charge on any atom is -0.311 e. The summed E-state index contributed by atoms with van der Waals surface area (Å²) in [4.78, 5) is 28.2. The number of amides is 1. The second kappa shape index (κ2) is 5.98. The Hall–Kier alpha value is -1.68. The fraction of sp³-hybridized carbons (Fsp3) is 0.529. The summed E-state index contributed by atoms with van der Waals surface area (Å²) in [5.74, 6) is 0.698. The van der Waals surface area contributed by atoms with E-state index in [4.69, 9.17) is 0 Å². The van der Waals surface area contributed by atoms with E-state index < -0.39 is 0 Å². The third-order valence-corrected chi connectivity index (χ3v) is 4.79. The number of nitrogens with zero attached hydrogens (tertiary/aromatic N) is 2. The highest BCUT2D eigenvalue weighted by Crippen LogP contribution is 2.27. The standard InChI is InChI=1S/C17H22N2O2/c1-13(20)14-7-10-18(11-8-14)16-9-12-19(17(16)21)15-5-3-2-4-6-15/h2-6,14,16H,7-12H2,1H3/t16-/m1/s1. The van der Waals surface area contributed by atoms with Gasteiger partial charge in [0.25, 0.3) is 0 Å². The number of ketones is 1. The van der Waals surface area contributed by atoms with Crippen LogP contribution in [0.15, 0.2) is 30.3 Å². The molecule has 0 aromatic heterocycles. The minimum absolute atomic E-state index is 0.00175. The second-order valence-electron chi connectivity index (χ2n) is 6.05. The van der Waals surface area contributed by atoms with Crippen LogP contribution < -0.4 is 4.90 Å². The third kappa shape index (κ3) is 2.86. The number of hydrogen-bond donors (Lipinski definition) is 0. The van der Waals surface area contributed by atoms with E-state index >= 15 is 0 Å². The fourth-order valence-corrected chi connectivity index (χ4v) is 3.49. The van der Waals surface area contributed by atoms with Gasteiger partial charge in [-0.15, -0.1) is 0 Å². The van der Waals surface area contributed by atoms with Crippen molar-refractivity contribution in [2.45, 2.75) is 32.2 Å². The van der Waals surface area contributed by atoms with Crippen LogP contribution in [0.2, 0.25) is 0 Å². The van der Waals surface area contributed by atoms with E-state index in [-0.39, 0.29) is 17.9 Å². The van der Waals surface area contributed by atoms with Crippen LogP contribution in [0, 0.1) is 5.92 Å². The maximum atomic E-state index is 12.6. The van der Waals surface area contributed by atoms with Gasteiger partial charge in [0.05, 0.1) is 6.04 Å². The highest BCUT2D eigenvalue weighted by Gasteiger charge is 2.38. The Bertz CT molecular complexity index is 521. The van der Waals surface area contributed by atoms with E-state index in [1.807, 2.05) is 35.2 Å². The van der Waals surface area contributed by atoms with Gasteiger partial charge in [0.1, 0.15) is 5.78 Å². The van der Waals surface area contributed by atoms with Crippen molar-refractivity contribution >= 4 is 17.4 Å². The molecule has 4 heteroatoms. The smallest absolute Gasteiger partial charge is 0.244 e. The van der Waals surface area contributed by atoms with E-state index in [9.17, 15) is 9.59 Å². The summed E-state index contributed by atoms with van der Waals surface area (Å²) in [5.41, 5.74) is 0.989. The van der Waals surface area contributed by atoms with Crippen molar-refractivity contribution in [2.75, 3.05) is 24.5 Å². The first kappa shape index (κ1) is 14.3. The largest absolute Gasteiger partial charge is 0.311 e. The Labute approximate surface area is 125 Å². The average Bonchev–Trinajstić information content (AvgIpc) is 2.90. The molecule has 2 heterocycles. The highest BCUT2D eigenvalue weighted by molar-refractivity contribution is 5.99. The lowest BCUT2D eigenvalue weighted by Crippen LogP contribution is -2.46. The number of benzene rings is 1. The number of para-hydroxylation sites is 1. The van der Waals surface area contributed by atoms with Gasteiger partial charge in [0.15, 0.2) is 0 Å². The number of hydrogen-bond acceptors (Lipinski definition) is 3. The third-order valence-electron chi connectivity index (χ3n) is 4.79. The maximum absolute atomic E-state index is 12.6. The molecule has 1 aromatic rings. The predicted molar refractivity (Wildman–Crippen MR) is 82.2 cm³/mol. The summed E-state index contributed by atoms with van der Waals surface area (Å²) in [6.07, 6.45) is 2.67. The van der Waals surface area contributed by atoms with Crippen LogP contribution >= 0.6 is 0 Å². The Kier molecular flexibility index (Phi) is 4.06. The molecule has 0 N–H and O–H groups in total. The quantitative estimate of drug-likeness (QED) is 0.854. The Morgan fingerprint density at radius 1 is 1.05 bits per heavy atom. The molecule has 112 valence electrons. The summed E-state index contributed by atoms with van der Waals surface area (Å²) >= 11 is 0. The number of piperidine rings is 1. The van der Waals surface area contributed by atoms with Crippen molar-refractivity contribution in [1.82, 2.24) is 4.90 Å². The molecule has 0 radical (unpaired) electrons. The van der Waals surface area contributed by atoms with Gasteiger partial charge in [-0.2, -0.15) is 0 Å². The molecule has 1 atom stereocenters. The molecule has 1 amide bonds. The van der Waals surface area contributed by atoms with Crippen LogP contribution in [0.4, 0.5) is 5.69 Å². The maximum Gasteiger partial charge on any atom is 0.244 e. The molecule has 2 saturated heterocycles. The molecule has 0 aliphatic carbocycles. The van der Waals surface area contributed by atoms with E-state index in [1.165, 1.54) is 0 Å². The first-order chi connectivity index (χ1) is 10.2. The number of rotatable bonds is 3. The van der Waals surface area contributed by atoms with Crippen molar-refractivity contribution in [3.05, 3.63) is 30.3 Å². The lowest BCUT2D eigenvalue weighted by Gasteiger charge is -2.34. The Morgan fingerprint density at radius 3 is 2.33 bits per heavy atom. The number of likely N-dealkylation sites (tertiary alicyclic amines) is 1. The van der Waals surface area contributed by atoms with Gasteiger partial charge in [-0.3, -0.25) is 14.5 Å². The molecule has 2 aliphatic rings. The molecule has 0 unspecified atom stereocenters. The van der Waals surface area contributed by atoms with Gasteiger partial charge >= 0.3 is 0 Å². The van der Waals surface area contributed by atoms with Gasteiger partial charge in [0.2, 0.25) is 5.91 Å². The summed E-state index contributed by atoms with van der Waals surface area (Å²) in [5, 5.41) is 0. The first-order valence-corrected chi connectivity index (χ1v) is 7.78. The molecule has 0 spiro atoms. The molecular weight excluding hydrogens is 264 g/mol. The molecule has 4 nitrogen and oxygen atoms in total. The van der Waals surface area contributed by atoms with Crippen molar-refractivity contribution in [3.8, 4) is 0 Å². The highest BCUT2D eigenvalue weighted by atomic mass is 16.2. The number of carbonyl (C=O) groups is 2. The van der Waals surface area contributed by atoms with Gasteiger partial charge in [-0.25, -0.2) is 0 Å². The predicted octanol–water partition coefficient (Wildman–Crippen LogP) is 2.09. The molecule has 1 aromatic carbocycles. The van der Waals surface area contributed by atoms with E-state index in [2.05, 4.69) is 4.90 Å². The topological polar surface area (TPSA) is 40.6 Å². The summed E-state index contributed by atoms with van der Waals surface area (Å²) in [6, 6.07) is 9.87. The van der Waals surface area contributed by atoms with Crippen LogP contribution in [0.3, 0.4) is 0 Å². The molecule has 3 rings (SSSR count). The summed E-state index contributed by atoms with van der Waals surface area (Å²) < 4.78 is 0. The van der Waals surface area contributed by atoms with Crippen molar-refractivity contribution in [1.29, 1.82) is 0 Å². The van der Waals surface area contributed by atoms with Gasteiger partial charge in [-0.1, -0.05) is 18.2 Å². The number of Topliss-reactive ketones (excluding diaryl/α,β-unsaturated/α-hetero) is 1. The first-order valence-electron chi connectivity index (χ1n) is 7.78. The minimum atomic E-state index is -0.00175. The van der Waals surface area contributed by atoms with Crippen molar-refractivity contribution in [2.24, 2.45) is 5.92 Å². The zero-order chi connectivity index (χ0) is 14.8. The Morgan fingerprint density at radius 2 is 1.71 bits per heavy atom. The van der Waals surface area contributed by atoms with Gasteiger partial charge < -0.3 is 4.90 Å². The van der Waals surface area contributed by atoms with Crippen LogP contribution in [-0.4, -0.2) is 42.3 Å². The van der Waals surface area contributed by atoms with Crippen molar-refractivity contribution < 1.29 is 9.59 Å². The molecule has 0 saturated carbocycles. The zero-order valence-corrected chi connectivity index (χ0v) is 12.5. The fourth-order valence-electron chi connectivity index (χ4n) is 3.49. The van der Waals surface area contributed by atoms with Crippen LogP contribution in [0.5, 0.6) is 0 Å². The van der Waals surface area contributed by atoms with Gasteiger partial charge in [-0.05, 0) is 51.4 Å². The molecular formula is C17H22N2O2. The lowest BCUT2D eigenvalue weighted by molar-refractivity contribution is -0.124. The molecule has 2 fully saturated rings. The summed E-state index contributed by atoms with van der Waals surface area (Å²) in [6.45, 7) is 4.20. The zero-order valence-electron chi connectivity index (χ0n) is 12.5. The number of anilines is 1. The molecule has 2 aliphatic heterocycles. The van der Waals surface area contributed by atoms with Crippen molar-refractivity contribution in [3.63, 3.8) is 0 Å². The summed E-state index contributed by atoms with van der Waals surface area (Å²) in [7, 11) is 0. The van der Waals surface area contributed by atoms with Crippen LogP contribution in [0.25, 0.3) is 0 Å². The van der Waals surface area contributed by atoms with Crippen LogP contribution in [0.1, 0.15) is 26.2 Å².